The van der Waals surface area contributed by atoms with Crippen LogP contribution >= 0.6 is 0 Å². The van der Waals surface area contributed by atoms with Crippen molar-refractivity contribution < 1.29 is 25.2 Å². The minimum Gasteiger partial charge on any atom is -0.393 e. The van der Waals surface area contributed by atoms with Crippen LogP contribution in [0.2, 0.25) is 0 Å². The van der Waals surface area contributed by atoms with Crippen molar-refractivity contribution in [2.75, 3.05) is 13.1 Å². The maximum Gasteiger partial charge on any atom is 0.262 e. The van der Waals surface area contributed by atoms with Crippen molar-refractivity contribution >= 4 is 0 Å². The van der Waals surface area contributed by atoms with E-state index < -0.39 is 24.0 Å². The lowest BCUT2D eigenvalue weighted by Crippen LogP contribution is -2.68. The molecule has 0 aliphatic carbocycles. The van der Waals surface area contributed by atoms with E-state index in [4.69, 9.17) is 4.74 Å². The first-order valence-electron chi connectivity index (χ1n) is 10.3. The molecule has 2 aliphatic heterocycles. The minimum absolute atomic E-state index is 0.00583. The first-order chi connectivity index (χ1) is 13.4. The number of aliphatic hydroxyl groups is 4. The van der Waals surface area contributed by atoms with Gasteiger partial charge in [-0.25, -0.2) is 10.0 Å². The Morgan fingerprint density at radius 1 is 0.828 bits per heavy atom. The van der Waals surface area contributed by atoms with Gasteiger partial charge in [0, 0.05) is 25.2 Å². The van der Waals surface area contributed by atoms with E-state index in [1.807, 2.05) is 27.7 Å². The molecule has 0 aromatic carbocycles. The second-order valence-electron chi connectivity index (χ2n) is 8.69. The summed E-state index contributed by atoms with van der Waals surface area (Å²) >= 11 is 0. The molecule has 29 heavy (non-hydrogen) atoms. The summed E-state index contributed by atoms with van der Waals surface area (Å²) < 4.78 is 5.59. The molecule has 2 fully saturated rings. The van der Waals surface area contributed by atoms with Crippen LogP contribution < -0.4 is 10.9 Å². The number of hydrogen-bond acceptors (Lipinski definition) is 9. The van der Waals surface area contributed by atoms with Crippen LogP contribution in [0.4, 0.5) is 0 Å². The van der Waals surface area contributed by atoms with Crippen molar-refractivity contribution in [1.29, 1.82) is 0 Å². The summed E-state index contributed by atoms with van der Waals surface area (Å²) in [5.74, 6) is -4.16. The Kier molecular flexibility index (Phi) is 7.99. The second kappa shape index (κ2) is 9.51. The van der Waals surface area contributed by atoms with Crippen molar-refractivity contribution in [3.63, 3.8) is 0 Å². The molecule has 0 radical (unpaired) electrons. The molecule has 168 valence electrons. The quantitative estimate of drug-likeness (QED) is 0.238. The second-order valence-corrected chi connectivity index (χ2v) is 8.69. The zero-order chi connectivity index (χ0) is 22.0. The van der Waals surface area contributed by atoms with E-state index in [0.717, 1.165) is 12.2 Å². The highest BCUT2D eigenvalue weighted by atomic mass is 16.7. The Labute approximate surface area is 173 Å². The molecule has 9 heteroatoms. The summed E-state index contributed by atoms with van der Waals surface area (Å²) in [6.07, 6.45) is 2.55. The van der Waals surface area contributed by atoms with Gasteiger partial charge in [0.15, 0.2) is 0 Å². The largest absolute Gasteiger partial charge is 0.393 e. The fourth-order valence-corrected chi connectivity index (χ4v) is 3.82. The van der Waals surface area contributed by atoms with E-state index in [1.54, 1.807) is 10.0 Å². The minimum atomic E-state index is -2.09. The van der Waals surface area contributed by atoms with Crippen molar-refractivity contribution in [1.82, 2.24) is 20.9 Å². The monoisotopic (exact) mass is 414 g/mol. The van der Waals surface area contributed by atoms with E-state index in [2.05, 4.69) is 24.0 Å². The van der Waals surface area contributed by atoms with Gasteiger partial charge in [-0.05, 0) is 50.7 Å². The first kappa shape index (κ1) is 24.4. The van der Waals surface area contributed by atoms with Crippen LogP contribution in [0.1, 0.15) is 40.5 Å². The number of ether oxygens (including phenoxy) is 1. The highest BCUT2D eigenvalue weighted by Gasteiger charge is 2.42. The van der Waals surface area contributed by atoms with Crippen molar-refractivity contribution in [2.24, 2.45) is 11.8 Å². The zero-order valence-electron chi connectivity index (χ0n) is 18.0. The average molecular weight is 415 g/mol. The molecule has 2 saturated heterocycles. The SMILES string of the molecule is C=CC(O)(NN1CC(C)C(O)CC1C)OC(O)(C=C)NN1CC(C)C(O)CC1C. The summed E-state index contributed by atoms with van der Waals surface area (Å²) in [5, 5.41) is 45.5. The van der Waals surface area contributed by atoms with Crippen molar-refractivity contribution in [3.05, 3.63) is 25.3 Å². The smallest absolute Gasteiger partial charge is 0.262 e. The number of rotatable bonds is 8. The van der Waals surface area contributed by atoms with E-state index in [0.29, 0.717) is 25.9 Å². The van der Waals surface area contributed by atoms with Gasteiger partial charge in [0.25, 0.3) is 11.8 Å². The van der Waals surface area contributed by atoms with Crippen LogP contribution in [0.25, 0.3) is 0 Å². The molecule has 0 aromatic rings. The lowest BCUT2D eigenvalue weighted by Gasteiger charge is -2.46. The molecule has 9 nitrogen and oxygen atoms in total. The highest BCUT2D eigenvalue weighted by molar-refractivity contribution is 4.95. The topological polar surface area (TPSA) is 121 Å². The highest BCUT2D eigenvalue weighted by Crippen LogP contribution is 2.25. The molecule has 6 N–H and O–H groups in total. The zero-order valence-corrected chi connectivity index (χ0v) is 18.0. The number of nitrogens with zero attached hydrogens (tertiary/aromatic N) is 2. The van der Waals surface area contributed by atoms with Crippen LogP contribution in [0.5, 0.6) is 0 Å². The number of hydrazine groups is 2. The molecule has 0 spiro atoms. The third-order valence-electron chi connectivity index (χ3n) is 5.98. The standard InChI is InChI=1S/C20H38N4O5/c1-7-19(27,21-23-11-13(3)17(25)9-15(23)5)29-20(28,8-2)22-24-12-14(4)18(26)10-16(24)6/h7-8,13-18,21-22,25-28H,1-2,9-12H2,3-6H3. The Balaban J connectivity index is 2.09. The number of aliphatic hydroxyl groups excluding tert-OH is 2. The van der Waals surface area contributed by atoms with Gasteiger partial charge in [-0.15, -0.1) is 0 Å². The van der Waals surface area contributed by atoms with Crippen molar-refractivity contribution in [3.8, 4) is 0 Å². The van der Waals surface area contributed by atoms with Crippen LogP contribution in [-0.2, 0) is 4.74 Å². The number of hydrogen-bond donors (Lipinski definition) is 6. The van der Waals surface area contributed by atoms with Crippen LogP contribution in [0.15, 0.2) is 25.3 Å². The van der Waals surface area contributed by atoms with E-state index in [1.165, 1.54) is 0 Å². The van der Waals surface area contributed by atoms with Crippen LogP contribution in [-0.4, -0.2) is 79.6 Å². The summed E-state index contributed by atoms with van der Waals surface area (Å²) in [7, 11) is 0. The van der Waals surface area contributed by atoms with Gasteiger partial charge in [-0.3, -0.25) is 4.74 Å². The predicted octanol–water partition coefficient (Wildman–Crippen LogP) is -0.141. The van der Waals surface area contributed by atoms with Gasteiger partial charge in [0.05, 0.1) is 12.2 Å². The fourth-order valence-electron chi connectivity index (χ4n) is 3.82. The fraction of sp³-hybridized carbons (Fsp3) is 0.800. The van der Waals surface area contributed by atoms with Gasteiger partial charge in [0.2, 0.25) is 0 Å². The van der Waals surface area contributed by atoms with Gasteiger partial charge in [-0.2, -0.15) is 10.9 Å². The Morgan fingerprint density at radius 2 is 1.17 bits per heavy atom. The summed E-state index contributed by atoms with van der Waals surface area (Å²) in [4.78, 5) is 0. The molecule has 0 amide bonds. The van der Waals surface area contributed by atoms with E-state index >= 15 is 0 Å². The lowest BCUT2D eigenvalue weighted by molar-refractivity contribution is -0.347. The molecule has 2 rings (SSSR count). The molecular weight excluding hydrogens is 376 g/mol. The van der Waals surface area contributed by atoms with Gasteiger partial charge in [-0.1, -0.05) is 27.0 Å². The Morgan fingerprint density at radius 3 is 1.48 bits per heavy atom. The number of nitrogens with one attached hydrogen (secondary N) is 2. The van der Waals surface area contributed by atoms with Crippen LogP contribution in [0, 0.1) is 11.8 Å². The summed E-state index contributed by atoms with van der Waals surface area (Å²) in [6.45, 7) is 15.9. The predicted molar refractivity (Wildman–Crippen MR) is 110 cm³/mol. The third-order valence-corrected chi connectivity index (χ3v) is 5.98. The molecule has 2 heterocycles. The number of piperidine rings is 2. The van der Waals surface area contributed by atoms with Gasteiger partial charge in [0.1, 0.15) is 0 Å². The normalized spacial score (nSPS) is 38.8. The van der Waals surface area contributed by atoms with Crippen molar-refractivity contribution in [2.45, 2.75) is 76.7 Å². The maximum atomic E-state index is 10.9. The molecule has 8 unspecified atom stereocenters. The average Bonchev–Trinajstić information content (AvgIpc) is 2.64. The van der Waals surface area contributed by atoms with Gasteiger partial charge < -0.3 is 20.4 Å². The molecular formula is C20H38N4O5. The van der Waals surface area contributed by atoms with E-state index in [-0.39, 0.29) is 23.9 Å². The maximum absolute atomic E-state index is 10.9. The summed E-state index contributed by atoms with van der Waals surface area (Å²) in [5.41, 5.74) is 5.74. The molecule has 8 atom stereocenters. The summed E-state index contributed by atoms with van der Waals surface area (Å²) in [6, 6.07) is -0.129. The molecule has 0 bridgehead atoms. The molecule has 2 aliphatic rings. The first-order valence-corrected chi connectivity index (χ1v) is 10.3. The van der Waals surface area contributed by atoms with Gasteiger partial charge >= 0.3 is 0 Å². The van der Waals surface area contributed by atoms with E-state index in [9.17, 15) is 20.4 Å². The Bertz CT molecular complexity index is 533. The Hall–Kier alpha value is -0.880. The molecule has 0 saturated carbocycles. The third kappa shape index (κ3) is 6.06. The van der Waals surface area contributed by atoms with Crippen LogP contribution in [0.3, 0.4) is 0 Å². The lowest BCUT2D eigenvalue weighted by atomic mass is 9.93. The molecule has 0 aromatic heterocycles.